The van der Waals surface area contributed by atoms with Gasteiger partial charge in [-0.15, -0.1) is 15.3 Å². The Hall–Kier alpha value is -3.64. The Kier molecular flexibility index (Phi) is 4.92. The third-order valence-corrected chi connectivity index (χ3v) is 6.15. The number of methoxy groups -OCH3 is 1. The zero-order valence-corrected chi connectivity index (χ0v) is 18.6. The van der Waals surface area contributed by atoms with Gasteiger partial charge in [0, 0.05) is 37.0 Å². The minimum atomic E-state index is -1.37. The fraction of sp³-hybridized carbons (Fsp3) is 0.409. The minimum absolute atomic E-state index is 0.125. The number of halogens is 1. The predicted molar refractivity (Wildman–Crippen MR) is 115 cm³/mol. The number of ether oxygens (including phenoxy) is 3. The van der Waals surface area contributed by atoms with Crippen LogP contribution in [0.4, 0.5) is 4.39 Å². The van der Waals surface area contributed by atoms with Gasteiger partial charge in [-0.3, -0.25) is 9.88 Å². The Morgan fingerprint density at radius 3 is 2.71 bits per heavy atom. The highest BCUT2D eigenvalue weighted by molar-refractivity contribution is 5.56. The lowest BCUT2D eigenvalue weighted by atomic mass is 9.87. The molecular weight excluding hydrogens is 445 g/mol. The first-order valence-corrected chi connectivity index (χ1v) is 10.9. The number of likely N-dealkylation sites (tertiary alicyclic amines) is 1. The molecule has 0 atom stereocenters. The molecule has 4 aromatic heterocycles. The molecule has 6 rings (SSSR count). The number of aromatic nitrogens is 6. The van der Waals surface area contributed by atoms with Gasteiger partial charge in [-0.2, -0.15) is 4.52 Å². The van der Waals surface area contributed by atoms with Crippen molar-refractivity contribution in [3.63, 3.8) is 0 Å². The Labute approximate surface area is 193 Å². The number of aryl methyl sites for hydroxylation is 1. The van der Waals surface area contributed by atoms with Gasteiger partial charge in [-0.05, 0) is 13.0 Å². The number of nitrogens with zero attached hydrogens (tertiary/aromatic N) is 7. The quantitative estimate of drug-likeness (QED) is 0.400. The van der Waals surface area contributed by atoms with E-state index in [1.54, 1.807) is 37.4 Å². The second-order valence-corrected chi connectivity index (χ2v) is 8.52. The number of hydrogen-bond acceptors (Lipinski definition) is 10. The van der Waals surface area contributed by atoms with E-state index in [9.17, 15) is 0 Å². The average Bonchev–Trinajstić information content (AvgIpc) is 3.40. The maximum absolute atomic E-state index is 15.2. The molecule has 0 spiro atoms. The van der Waals surface area contributed by atoms with Crippen molar-refractivity contribution in [2.45, 2.75) is 25.2 Å². The van der Waals surface area contributed by atoms with Crippen molar-refractivity contribution in [2.24, 2.45) is 0 Å². The molecule has 0 saturated carbocycles. The average molecular weight is 467 g/mol. The lowest BCUT2D eigenvalue weighted by Crippen LogP contribution is -2.64. The van der Waals surface area contributed by atoms with Gasteiger partial charge < -0.3 is 18.7 Å². The van der Waals surface area contributed by atoms with Crippen LogP contribution in [0, 0.1) is 6.92 Å². The Morgan fingerprint density at radius 1 is 1.21 bits per heavy atom. The third-order valence-electron chi connectivity index (χ3n) is 6.15. The minimum Gasteiger partial charge on any atom is -0.491 e. The molecule has 34 heavy (non-hydrogen) atoms. The Morgan fingerprint density at radius 2 is 2.06 bits per heavy atom. The molecule has 6 heterocycles. The predicted octanol–water partition coefficient (Wildman–Crippen LogP) is 1.95. The fourth-order valence-corrected chi connectivity index (χ4v) is 4.07. The molecule has 176 valence electrons. The van der Waals surface area contributed by atoms with Crippen LogP contribution >= 0.6 is 0 Å². The van der Waals surface area contributed by atoms with Gasteiger partial charge >= 0.3 is 0 Å². The summed E-state index contributed by atoms with van der Waals surface area (Å²) in [4.78, 5) is 6.50. The summed E-state index contributed by atoms with van der Waals surface area (Å²) in [6.07, 6.45) is 1.58. The molecule has 2 saturated heterocycles. The number of pyridine rings is 1. The van der Waals surface area contributed by atoms with Gasteiger partial charge in [-0.25, -0.2) is 4.39 Å². The second-order valence-electron chi connectivity index (χ2n) is 8.52. The van der Waals surface area contributed by atoms with Crippen molar-refractivity contribution in [1.29, 1.82) is 0 Å². The van der Waals surface area contributed by atoms with Gasteiger partial charge in [0.25, 0.3) is 5.88 Å². The van der Waals surface area contributed by atoms with Crippen molar-refractivity contribution in [1.82, 2.24) is 34.9 Å². The number of fused-ring (bicyclic) bond motifs is 1. The number of rotatable bonds is 7. The summed E-state index contributed by atoms with van der Waals surface area (Å²) in [7, 11) is 1.52. The van der Waals surface area contributed by atoms with Crippen LogP contribution in [0.5, 0.6) is 11.6 Å². The van der Waals surface area contributed by atoms with E-state index in [1.807, 2.05) is 0 Å². The molecule has 2 fully saturated rings. The molecule has 2 aliphatic rings. The largest absolute Gasteiger partial charge is 0.491 e. The van der Waals surface area contributed by atoms with Gasteiger partial charge in [0.05, 0.1) is 32.1 Å². The van der Waals surface area contributed by atoms with Crippen molar-refractivity contribution < 1.29 is 23.1 Å². The molecule has 0 N–H and O–H groups in total. The van der Waals surface area contributed by atoms with E-state index in [0.29, 0.717) is 72.3 Å². The van der Waals surface area contributed by atoms with Crippen molar-refractivity contribution in [2.75, 3.05) is 33.4 Å². The summed E-state index contributed by atoms with van der Waals surface area (Å²) >= 11 is 0. The van der Waals surface area contributed by atoms with E-state index in [2.05, 4.69) is 30.3 Å². The molecule has 0 aromatic carbocycles. The van der Waals surface area contributed by atoms with Gasteiger partial charge in [0.2, 0.25) is 5.82 Å². The van der Waals surface area contributed by atoms with Crippen LogP contribution in [0.1, 0.15) is 17.0 Å². The summed E-state index contributed by atoms with van der Waals surface area (Å²) in [5.41, 5.74) is 0.809. The molecule has 0 aliphatic carbocycles. The monoisotopic (exact) mass is 467 g/mol. The zero-order chi connectivity index (χ0) is 23.3. The molecule has 12 heteroatoms. The molecule has 0 radical (unpaired) electrons. The lowest BCUT2D eigenvalue weighted by Gasteiger charge is -2.50. The molecule has 0 unspecified atom stereocenters. The normalized spacial score (nSPS) is 18.0. The topological polar surface area (TPSA) is 113 Å². The van der Waals surface area contributed by atoms with E-state index in [4.69, 9.17) is 18.7 Å². The fourth-order valence-electron chi connectivity index (χ4n) is 4.07. The van der Waals surface area contributed by atoms with Gasteiger partial charge in [0.15, 0.2) is 22.8 Å². The van der Waals surface area contributed by atoms with E-state index in [1.165, 1.54) is 11.6 Å². The van der Waals surface area contributed by atoms with Gasteiger partial charge in [-0.1, -0.05) is 11.2 Å². The zero-order valence-electron chi connectivity index (χ0n) is 18.6. The molecule has 11 nitrogen and oxygen atoms in total. The Bertz CT molecular complexity index is 1330. The first kappa shape index (κ1) is 20.9. The highest BCUT2D eigenvalue weighted by Gasteiger charge is 2.49. The Balaban J connectivity index is 1.18. The summed E-state index contributed by atoms with van der Waals surface area (Å²) in [5, 5.41) is 16.7. The van der Waals surface area contributed by atoms with Crippen molar-refractivity contribution in [3.05, 3.63) is 47.5 Å². The molecular formula is C22H22FN7O4. The van der Waals surface area contributed by atoms with Crippen LogP contribution < -0.4 is 9.47 Å². The first-order chi connectivity index (χ1) is 16.5. The standard InChI is InChI=1S/C22H22FN7O4/c1-13-5-17(28-34-13)20-26-25-19-6-18(31-2)21(27-30(19)20)33-8-15-4-3-14(7-24-15)22(23)11-29(12-22)16-9-32-10-16/h3-7,16H,8-12H2,1-2H3. The van der Waals surface area contributed by atoms with Crippen molar-refractivity contribution >= 4 is 5.65 Å². The maximum atomic E-state index is 15.2. The van der Waals surface area contributed by atoms with Crippen LogP contribution in [0.3, 0.4) is 0 Å². The highest BCUT2D eigenvalue weighted by Crippen LogP contribution is 2.38. The second kappa shape index (κ2) is 7.99. The molecule has 2 aliphatic heterocycles. The van der Waals surface area contributed by atoms with Crippen LogP contribution in [0.25, 0.3) is 17.2 Å². The van der Waals surface area contributed by atoms with Crippen LogP contribution in [0.15, 0.2) is 35.0 Å². The van der Waals surface area contributed by atoms with Crippen molar-refractivity contribution in [3.8, 4) is 23.1 Å². The van der Waals surface area contributed by atoms with E-state index < -0.39 is 5.67 Å². The van der Waals surface area contributed by atoms with E-state index >= 15 is 4.39 Å². The molecule has 4 aromatic rings. The molecule has 0 bridgehead atoms. The van der Waals surface area contributed by atoms with Crippen LogP contribution in [0.2, 0.25) is 0 Å². The summed E-state index contributed by atoms with van der Waals surface area (Å²) in [6.45, 7) is 4.02. The summed E-state index contributed by atoms with van der Waals surface area (Å²) in [6, 6.07) is 7.28. The maximum Gasteiger partial charge on any atom is 0.275 e. The van der Waals surface area contributed by atoms with E-state index in [0.717, 1.165) is 0 Å². The lowest BCUT2D eigenvalue weighted by molar-refractivity contribution is -0.141. The number of alkyl halides is 1. The smallest absolute Gasteiger partial charge is 0.275 e. The number of hydrogen-bond donors (Lipinski definition) is 0. The van der Waals surface area contributed by atoms with E-state index in [-0.39, 0.29) is 12.5 Å². The molecule has 0 amide bonds. The SMILES string of the molecule is COc1cc2nnc(-c3cc(C)on3)n2nc1OCc1ccc(C2(F)CN(C3COC3)C2)cn1. The first-order valence-electron chi connectivity index (χ1n) is 10.9. The summed E-state index contributed by atoms with van der Waals surface area (Å²) < 4.78 is 38.3. The van der Waals surface area contributed by atoms with Crippen LogP contribution in [-0.2, 0) is 17.0 Å². The van der Waals surface area contributed by atoms with Gasteiger partial charge in [0.1, 0.15) is 12.4 Å². The third kappa shape index (κ3) is 3.55. The summed E-state index contributed by atoms with van der Waals surface area (Å²) in [5.74, 6) is 1.70. The van der Waals surface area contributed by atoms with Crippen LogP contribution in [-0.4, -0.2) is 74.3 Å². The highest BCUT2D eigenvalue weighted by atomic mass is 19.1.